The molecule has 0 spiro atoms. The van der Waals surface area contributed by atoms with E-state index in [1.54, 1.807) is 0 Å². The molecular formula is C7H15NO4S. The lowest BCUT2D eigenvalue weighted by atomic mass is 10.1. The van der Waals surface area contributed by atoms with Crippen LogP contribution in [0.2, 0.25) is 0 Å². The number of aliphatic hydroxyl groups excluding tert-OH is 1. The van der Waals surface area contributed by atoms with Gasteiger partial charge in [0.15, 0.2) is 0 Å². The Balaban J connectivity index is 2.37. The summed E-state index contributed by atoms with van der Waals surface area (Å²) in [4.78, 5) is 0. The van der Waals surface area contributed by atoms with Gasteiger partial charge < -0.3 is 9.84 Å². The lowest BCUT2D eigenvalue weighted by Gasteiger charge is -2.22. The minimum Gasteiger partial charge on any atom is -0.395 e. The molecule has 1 heterocycles. The second kappa shape index (κ2) is 4.90. The van der Waals surface area contributed by atoms with E-state index in [4.69, 9.17) is 9.84 Å². The van der Waals surface area contributed by atoms with Crippen molar-refractivity contribution in [2.75, 3.05) is 25.6 Å². The van der Waals surface area contributed by atoms with E-state index in [0.29, 0.717) is 13.2 Å². The van der Waals surface area contributed by atoms with E-state index in [9.17, 15) is 8.42 Å². The number of rotatable bonds is 4. The summed E-state index contributed by atoms with van der Waals surface area (Å²) in [6.07, 6.45) is 1.69. The van der Waals surface area contributed by atoms with Crippen LogP contribution in [0.25, 0.3) is 0 Å². The Morgan fingerprint density at radius 3 is 2.85 bits per heavy atom. The van der Waals surface area contributed by atoms with Crippen molar-refractivity contribution < 1.29 is 18.3 Å². The highest BCUT2D eigenvalue weighted by molar-refractivity contribution is 7.89. The first-order valence-corrected chi connectivity index (χ1v) is 5.98. The van der Waals surface area contributed by atoms with Crippen molar-refractivity contribution in [3.63, 3.8) is 0 Å². The van der Waals surface area contributed by atoms with Crippen LogP contribution in [0.4, 0.5) is 0 Å². The summed E-state index contributed by atoms with van der Waals surface area (Å²) < 4.78 is 29.9. The fraction of sp³-hybridized carbons (Fsp3) is 1.00. The van der Waals surface area contributed by atoms with Gasteiger partial charge in [0.2, 0.25) is 10.0 Å². The fourth-order valence-electron chi connectivity index (χ4n) is 1.27. The lowest BCUT2D eigenvalue weighted by molar-refractivity contribution is 0.0773. The van der Waals surface area contributed by atoms with Gasteiger partial charge in [0.05, 0.1) is 19.0 Å². The highest BCUT2D eigenvalue weighted by Gasteiger charge is 2.19. The average Bonchev–Trinajstić information content (AvgIpc) is 2.04. The quantitative estimate of drug-likeness (QED) is 0.627. The lowest BCUT2D eigenvalue weighted by Crippen LogP contribution is -2.42. The Morgan fingerprint density at radius 1 is 1.54 bits per heavy atom. The van der Waals surface area contributed by atoms with E-state index in [0.717, 1.165) is 12.8 Å². The third-order valence-electron chi connectivity index (χ3n) is 1.87. The summed E-state index contributed by atoms with van der Waals surface area (Å²) in [5.74, 6) is -0.233. The molecule has 1 rings (SSSR count). The van der Waals surface area contributed by atoms with Crippen molar-refractivity contribution in [1.29, 1.82) is 0 Å². The molecule has 1 aliphatic rings. The number of hydrogen-bond acceptors (Lipinski definition) is 4. The highest BCUT2D eigenvalue weighted by atomic mass is 32.2. The van der Waals surface area contributed by atoms with Gasteiger partial charge in [0.1, 0.15) is 0 Å². The Bertz CT molecular complexity index is 233. The number of hydrogen-bond donors (Lipinski definition) is 2. The van der Waals surface area contributed by atoms with Crippen LogP contribution in [0.5, 0.6) is 0 Å². The molecule has 6 heteroatoms. The number of nitrogens with one attached hydrogen (secondary N) is 1. The average molecular weight is 209 g/mol. The van der Waals surface area contributed by atoms with E-state index < -0.39 is 10.0 Å². The smallest absolute Gasteiger partial charge is 0.214 e. The van der Waals surface area contributed by atoms with Crippen LogP contribution in [0, 0.1) is 0 Å². The summed E-state index contributed by atoms with van der Waals surface area (Å²) in [5.41, 5.74) is 0. The summed E-state index contributed by atoms with van der Waals surface area (Å²) >= 11 is 0. The zero-order valence-corrected chi connectivity index (χ0v) is 8.22. The van der Waals surface area contributed by atoms with Crippen LogP contribution < -0.4 is 4.72 Å². The molecule has 0 aromatic rings. The van der Waals surface area contributed by atoms with E-state index in [1.165, 1.54) is 0 Å². The summed E-state index contributed by atoms with van der Waals surface area (Å²) in [6, 6.07) is -0.120. The maximum absolute atomic E-state index is 11.2. The zero-order valence-electron chi connectivity index (χ0n) is 7.40. The van der Waals surface area contributed by atoms with E-state index in [-0.39, 0.29) is 18.4 Å². The van der Waals surface area contributed by atoms with Crippen LogP contribution in [0.15, 0.2) is 0 Å². The second-order valence-corrected chi connectivity index (χ2v) is 4.95. The van der Waals surface area contributed by atoms with Crippen molar-refractivity contribution in [2.24, 2.45) is 0 Å². The monoisotopic (exact) mass is 209 g/mol. The van der Waals surface area contributed by atoms with E-state index in [2.05, 4.69) is 4.72 Å². The molecule has 1 aliphatic heterocycles. The molecule has 1 fully saturated rings. The molecule has 1 unspecified atom stereocenters. The number of aliphatic hydroxyl groups is 1. The van der Waals surface area contributed by atoms with E-state index >= 15 is 0 Å². The molecule has 0 bridgehead atoms. The molecule has 78 valence electrons. The molecule has 2 N–H and O–H groups in total. The first kappa shape index (κ1) is 10.9. The fourth-order valence-corrected chi connectivity index (χ4v) is 2.32. The highest BCUT2D eigenvalue weighted by Crippen LogP contribution is 2.06. The molecule has 0 radical (unpaired) electrons. The maximum atomic E-state index is 11.2. The molecule has 0 aromatic heterocycles. The van der Waals surface area contributed by atoms with Crippen molar-refractivity contribution in [3.05, 3.63) is 0 Å². The molecule has 0 aromatic carbocycles. The SMILES string of the molecule is O=S(=O)(CCO)NC1CCCOC1. The molecule has 1 atom stereocenters. The molecule has 0 amide bonds. The summed E-state index contributed by atoms with van der Waals surface area (Å²) in [6.45, 7) is 0.797. The van der Waals surface area contributed by atoms with Crippen molar-refractivity contribution in [3.8, 4) is 0 Å². The van der Waals surface area contributed by atoms with Gasteiger partial charge in [0.25, 0.3) is 0 Å². The van der Waals surface area contributed by atoms with Gasteiger partial charge in [-0.3, -0.25) is 0 Å². The van der Waals surface area contributed by atoms with Gasteiger partial charge in [-0.2, -0.15) is 0 Å². The van der Waals surface area contributed by atoms with E-state index in [1.807, 2.05) is 0 Å². The minimum absolute atomic E-state index is 0.120. The maximum Gasteiger partial charge on any atom is 0.214 e. The molecular weight excluding hydrogens is 194 g/mol. The van der Waals surface area contributed by atoms with Crippen LogP contribution in [0.3, 0.4) is 0 Å². The van der Waals surface area contributed by atoms with Gasteiger partial charge in [-0.05, 0) is 12.8 Å². The van der Waals surface area contributed by atoms with Gasteiger partial charge in [-0.1, -0.05) is 0 Å². The van der Waals surface area contributed by atoms with Gasteiger partial charge >= 0.3 is 0 Å². The third kappa shape index (κ3) is 4.04. The van der Waals surface area contributed by atoms with Crippen LogP contribution in [-0.4, -0.2) is 45.1 Å². The third-order valence-corrected chi connectivity index (χ3v) is 3.28. The molecule has 5 nitrogen and oxygen atoms in total. The first-order valence-electron chi connectivity index (χ1n) is 4.32. The van der Waals surface area contributed by atoms with Crippen LogP contribution in [-0.2, 0) is 14.8 Å². The normalized spacial score (nSPS) is 24.5. The number of sulfonamides is 1. The predicted octanol–water partition coefficient (Wildman–Crippen LogP) is -0.923. The Hall–Kier alpha value is -0.170. The summed E-state index contributed by atoms with van der Waals surface area (Å²) in [7, 11) is -3.31. The number of ether oxygens (including phenoxy) is 1. The topological polar surface area (TPSA) is 75.6 Å². The van der Waals surface area contributed by atoms with Crippen molar-refractivity contribution in [1.82, 2.24) is 4.72 Å². The van der Waals surface area contributed by atoms with Gasteiger partial charge in [0, 0.05) is 12.6 Å². The Kier molecular flexibility index (Phi) is 4.11. The largest absolute Gasteiger partial charge is 0.395 e. The van der Waals surface area contributed by atoms with Crippen molar-refractivity contribution in [2.45, 2.75) is 18.9 Å². The second-order valence-electron chi connectivity index (χ2n) is 3.07. The molecule has 1 saturated heterocycles. The minimum atomic E-state index is -3.31. The Labute approximate surface area is 78.1 Å². The summed E-state index contributed by atoms with van der Waals surface area (Å²) in [5, 5.41) is 8.48. The van der Waals surface area contributed by atoms with Gasteiger partial charge in [-0.15, -0.1) is 0 Å². The molecule has 0 aliphatic carbocycles. The van der Waals surface area contributed by atoms with Gasteiger partial charge in [-0.25, -0.2) is 13.1 Å². The molecule has 13 heavy (non-hydrogen) atoms. The first-order chi connectivity index (χ1) is 6.14. The van der Waals surface area contributed by atoms with Crippen LogP contribution >= 0.6 is 0 Å². The van der Waals surface area contributed by atoms with Crippen molar-refractivity contribution >= 4 is 10.0 Å². The molecule has 0 saturated carbocycles. The standard InChI is InChI=1S/C7H15NO4S/c9-3-5-13(10,11)8-7-2-1-4-12-6-7/h7-9H,1-6H2. The Morgan fingerprint density at radius 2 is 2.31 bits per heavy atom. The van der Waals surface area contributed by atoms with Crippen LogP contribution in [0.1, 0.15) is 12.8 Å². The predicted molar refractivity (Wildman–Crippen MR) is 47.8 cm³/mol. The zero-order chi connectivity index (χ0) is 9.73.